The van der Waals surface area contributed by atoms with E-state index in [1.165, 1.54) is 0 Å². The van der Waals surface area contributed by atoms with Crippen LogP contribution < -0.4 is 15.0 Å². The van der Waals surface area contributed by atoms with Crippen LogP contribution in [0.5, 0.6) is 5.75 Å². The number of amides is 1. The van der Waals surface area contributed by atoms with Gasteiger partial charge in [0.05, 0.1) is 12.3 Å². The van der Waals surface area contributed by atoms with Gasteiger partial charge in [-0.15, -0.1) is 0 Å². The number of rotatable bonds is 5. The third kappa shape index (κ3) is 3.12. The highest BCUT2D eigenvalue weighted by Crippen LogP contribution is 2.39. The largest absolute Gasteiger partial charge is 0.492 e. The normalized spacial score (nSPS) is 15.6. The van der Waals surface area contributed by atoms with Gasteiger partial charge in [0.15, 0.2) is 0 Å². The Morgan fingerprint density at radius 2 is 1.89 bits per heavy atom. The molecule has 0 fully saturated rings. The zero-order valence-electron chi connectivity index (χ0n) is 15.3. The van der Waals surface area contributed by atoms with E-state index in [1.54, 1.807) is 11.1 Å². The maximum Gasteiger partial charge on any atom is 0.261 e. The molecule has 0 saturated carbocycles. The van der Waals surface area contributed by atoms with Crippen LogP contribution in [0.2, 0.25) is 0 Å². The lowest BCUT2D eigenvalue weighted by molar-refractivity contribution is 0.0992. The molecule has 136 valence electrons. The maximum atomic E-state index is 13.1. The fourth-order valence-electron chi connectivity index (χ4n) is 3.36. The van der Waals surface area contributed by atoms with Gasteiger partial charge in [0.1, 0.15) is 17.7 Å². The highest BCUT2D eigenvalue weighted by atomic mass is 16.5. The molecule has 0 radical (unpaired) electrons. The van der Waals surface area contributed by atoms with Crippen LogP contribution in [0.1, 0.15) is 34.6 Å². The van der Waals surface area contributed by atoms with Crippen molar-refractivity contribution in [1.29, 1.82) is 0 Å². The Labute approximate surface area is 158 Å². The SMILES string of the molecule is CCOc1ccccc1NC1c2ccccc2C(=O)N1c1cc(C)ccn1. The number of benzene rings is 2. The predicted molar refractivity (Wildman–Crippen MR) is 106 cm³/mol. The van der Waals surface area contributed by atoms with Gasteiger partial charge < -0.3 is 10.1 Å². The summed E-state index contributed by atoms with van der Waals surface area (Å²) in [4.78, 5) is 19.3. The van der Waals surface area contributed by atoms with Crippen molar-refractivity contribution in [3.63, 3.8) is 0 Å². The minimum Gasteiger partial charge on any atom is -0.492 e. The number of para-hydroxylation sites is 2. The van der Waals surface area contributed by atoms with Gasteiger partial charge in [-0.1, -0.05) is 30.3 Å². The topological polar surface area (TPSA) is 54.5 Å². The molecule has 1 amide bonds. The van der Waals surface area contributed by atoms with E-state index in [9.17, 15) is 4.79 Å². The first-order valence-corrected chi connectivity index (χ1v) is 9.02. The summed E-state index contributed by atoms with van der Waals surface area (Å²) in [6, 6.07) is 19.3. The number of hydrogen-bond donors (Lipinski definition) is 1. The average molecular weight is 359 g/mol. The number of carbonyl (C=O) groups is 1. The number of anilines is 2. The van der Waals surface area contributed by atoms with Gasteiger partial charge in [-0.25, -0.2) is 4.98 Å². The molecule has 0 spiro atoms. The number of fused-ring (bicyclic) bond motifs is 1. The van der Waals surface area contributed by atoms with Crippen LogP contribution >= 0.6 is 0 Å². The summed E-state index contributed by atoms with van der Waals surface area (Å²) >= 11 is 0. The van der Waals surface area contributed by atoms with E-state index in [0.29, 0.717) is 18.0 Å². The second-order valence-electron chi connectivity index (χ2n) is 6.43. The van der Waals surface area contributed by atoms with E-state index in [-0.39, 0.29) is 12.1 Å². The first kappa shape index (κ1) is 17.1. The Morgan fingerprint density at radius 3 is 2.70 bits per heavy atom. The van der Waals surface area contributed by atoms with Gasteiger partial charge in [0.25, 0.3) is 5.91 Å². The Kier molecular flexibility index (Phi) is 4.50. The predicted octanol–water partition coefficient (Wildman–Crippen LogP) is 4.56. The van der Waals surface area contributed by atoms with Gasteiger partial charge in [-0.2, -0.15) is 0 Å². The Balaban J connectivity index is 1.79. The van der Waals surface area contributed by atoms with E-state index >= 15 is 0 Å². The Morgan fingerprint density at radius 1 is 1.11 bits per heavy atom. The number of hydrogen-bond acceptors (Lipinski definition) is 4. The fraction of sp³-hybridized carbons (Fsp3) is 0.182. The van der Waals surface area contributed by atoms with E-state index in [4.69, 9.17) is 4.74 Å². The molecule has 3 aromatic rings. The number of pyridine rings is 1. The molecule has 1 aliphatic rings. The Hall–Kier alpha value is -3.34. The van der Waals surface area contributed by atoms with Crippen molar-refractivity contribution in [2.45, 2.75) is 20.0 Å². The minimum atomic E-state index is -0.357. The van der Waals surface area contributed by atoms with Crippen LogP contribution in [0.25, 0.3) is 0 Å². The second kappa shape index (κ2) is 7.11. The van der Waals surface area contributed by atoms with Crippen LogP contribution in [0, 0.1) is 6.92 Å². The summed E-state index contributed by atoms with van der Waals surface area (Å²) in [5, 5.41) is 3.49. The van der Waals surface area contributed by atoms with Gasteiger partial charge >= 0.3 is 0 Å². The quantitative estimate of drug-likeness (QED) is 0.726. The molecule has 5 heteroatoms. The number of aryl methyl sites for hydroxylation is 1. The summed E-state index contributed by atoms with van der Waals surface area (Å²) in [5.74, 6) is 1.33. The highest BCUT2D eigenvalue weighted by Gasteiger charge is 2.38. The molecule has 4 rings (SSSR count). The molecule has 27 heavy (non-hydrogen) atoms. The number of nitrogens with zero attached hydrogens (tertiary/aromatic N) is 2. The zero-order chi connectivity index (χ0) is 18.8. The third-order valence-electron chi connectivity index (χ3n) is 4.59. The average Bonchev–Trinajstić information content (AvgIpc) is 2.96. The minimum absolute atomic E-state index is 0.0601. The van der Waals surface area contributed by atoms with E-state index in [0.717, 1.165) is 22.6 Å². The van der Waals surface area contributed by atoms with Crippen molar-refractivity contribution in [2.24, 2.45) is 0 Å². The fourth-order valence-corrected chi connectivity index (χ4v) is 3.36. The molecule has 2 aromatic carbocycles. The van der Waals surface area contributed by atoms with Crippen molar-refractivity contribution < 1.29 is 9.53 Å². The van der Waals surface area contributed by atoms with Crippen LogP contribution in [0.3, 0.4) is 0 Å². The number of nitrogens with one attached hydrogen (secondary N) is 1. The monoisotopic (exact) mass is 359 g/mol. The molecule has 0 bridgehead atoms. The lowest BCUT2D eigenvalue weighted by Gasteiger charge is -2.27. The molecular weight excluding hydrogens is 338 g/mol. The molecule has 5 nitrogen and oxygen atoms in total. The van der Waals surface area contributed by atoms with Gasteiger partial charge in [0.2, 0.25) is 0 Å². The maximum absolute atomic E-state index is 13.1. The van der Waals surface area contributed by atoms with Crippen molar-refractivity contribution in [2.75, 3.05) is 16.8 Å². The first-order chi connectivity index (χ1) is 13.2. The number of carbonyl (C=O) groups excluding carboxylic acids is 1. The molecule has 2 heterocycles. The molecule has 1 aromatic heterocycles. The number of aromatic nitrogens is 1. The molecule has 1 unspecified atom stereocenters. The summed E-state index contributed by atoms with van der Waals surface area (Å²) in [7, 11) is 0. The molecule has 1 N–H and O–H groups in total. The van der Waals surface area contributed by atoms with Crippen LogP contribution in [-0.2, 0) is 0 Å². The van der Waals surface area contributed by atoms with Gasteiger partial charge in [-0.3, -0.25) is 9.69 Å². The first-order valence-electron chi connectivity index (χ1n) is 9.02. The molecular formula is C22H21N3O2. The van der Waals surface area contributed by atoms with Gasteiger partial charge in [-0.05, 0) is 49.7 Å². The number of ether oxygens (including phenoxy) is 1. The van der Waals surface area contributed by atoms with E-state index < -0.39 is 0 Å². The molecule has 1 aliphatic heterocycles. The molecule has 0 aliphatic carbocycles. The van der Waals surface area contributed by atoms with Crippen LogP contribution in [-0.4, -0.2) is 17.5 Å². The van der Waals surface area contributed by atoms with Crippen molar-refractivity contribution >= 4 is 17.4 Å². The second-order valence-corrected chi connectivity index (χ2v) is 6.43. The lowest BCUT2D eigenvalue weighted by atomic mass is 10.1. The smallest absolute Gasteiger partial charge is 0.261 e. The van der Waals surface area contributed by atoms with Crippen molar-refractivity contribution in [3.05, 3.63) is 83.6 Å². The van der Waals surface area contributed by atoms with E-state index in [2.05, 4.69) is 10.3 Å². The third-order valence-corrected chi connectivity index (χ3v) is 4.59. The summed E-state index contributed by atoms with van der Waals surface area (Å²) in [6.45, 7) is 4.52. The summed E-state index contributed by atoms with van der Waals surface area (Å²) in [5.41, 5.74) is 3.51. The standard InChI is InChI=1S/C22H21N3O2/c1-3-27-19-11-7-6-10-18(19)24-21-16-8-4-5-9-17(16)22(26)25(21)20-14-15(2)12-13-23-20/h4-14,21,24H,3H2,1-2H3. The summed E-state index contributed by atoms with van der Waals surface area (Å²) < 4.78 is 5.74. The lowest BCUT2D eigenvalue weighted by Crippen LogP contribution is -2.33. The zero-order valence-corrected chi connectivity index (χ0v) is 15.3. The molecule has 1 atom stereocenters. The van der Waals surface area contributed by atoms with Gasteiger partial charge in [0, 0.05) is 17.3 Å². The summed E-state index contributed by atoms with van der Waals surface area (Å²) in [6.07, 6.45) is 1.37. The molecule has 0 saturated heterocycles. The van der Waals surface area contributed by atoms with Crippen molar-refractivity contribution in [3.8, 4) is 5.75 Å². The highest BCUT2D eigenvalue weighted by molar-refractivity contribution is 6.11. The van der Waals surface area contributed by atoms with Crippen LogP contribution in [0.15, 0.2) is 66.9 Å². The van der Waals surface area contributed by atoms with E-state index in [1.807, 2.05) is 74.5 Å². The Bertz CT molecular complexity index is 987. The van der Waals surface area contributed by atoms with Crippen molar-refractivity contribution in [1.82, 2.24) is 4.98 Å². The van der Waals surface area contributed by atoms with Crippen LogP contribution in [0.4, 0.5) is 11.5 Å².